The quantitative estimate of drug-likeness (QED) is 0.888. The van der Waals surface area contributed by atoms with Gasteiger partial charge in [-0.1, -0.05) is 0 Å². The summed E-state index contributed by atoms with van der Waals surface area (Å²) in [6, 6.07) is 3.95. The van der Waals surface area contributed by atoms with E-state index >= 15 is 0 Å². The normalized spacial score (nSPS) is 11.6. The molecule has 21 heavy (non-hydrogen) atoms. The molecular weight excluding hydrogens is 264 g/mol. The van der Waals surface area contributed by atoms with Gasteiger partial charge in [-0.05, 0) is 39.8 Å². The van der Waals surface area contributed by atoms with E-state index in [1.54, 1.807) is 6.20 Å². The number of rotatable bonds is 6. The van der Waals surface area contributed by atoms with Gasteiger partial charge in [0.1, 0.15) is 12.4 Å². The van der Waals surface area contributed by atoms with Crippen LogP contribution in [0.4, 0.5) is 0 Å². The molecule has 0 aliphatic rings. The van der Waals surface area contributed by atoms with Crippen molar-refractivity contribution in [3.8, 4) is 5.75 Å². The lowest BCUT2D eigenvalue weighted by Gasteiger charge is -2.20. The fourth-order valence-corrected chi connectivity index (χ4v) is 1.87. The van der Waals surface area contributed by atoms with Gasteiger partial charge in [0.05, 0.1) is 30.1 Å². The lowest BCUT2D eigenvalue weighted by atomic mass is 10.1. The summed E-state index contributed by atoms with van der Waals surface area (Å²) in [5.41, 5.74) is 2.17. The number of nitrogens with one attached hydrogen (secondary N) is 1. The summed E-state index contributed by atoms with van der Waals surface area (Å²) in [7, 11) is 0. The minimum atomic E-state index is 0.0927. The van der Waals surface area contributed by atoms with Crippen molar-refractivity contribution < 1.29 is 4.74 Å². The molecule has 2 aromatic heterocycles. The van der Waals surface area contributed by atoms with Crippen LogP contribution in [0.2, 0.25) is 0 Å². The second-order valence-electron chi connectivity index (χ2n) is 6.05. The van der Waals surface area contributed by atoms with Crippen LogP contribution in [-0.4, -0.2) is 20.1 Å². The van der Waals surface area contributed by atoms with Crippen molar-refractivity contribution in [2.24, 2.45) is 0 Å². The van der Waals surface area contributed by atoms with Crippen LogP contribution in [-0.2, 0) is 19.7 Å². The van der Waals surface area contributed by atoms with Gasteiger partial charge in [-0.25, -0.2) is 4.98 Å². The maximum absolute atomic E-state index is 5.75. The van der Waals surface area contributed by atoms with E-state index in [2.05, 4.69) is 47.5 Å². The highest BCUT2D eigenvalue weighted by Crippen LogP contribution is 2.12. The predicted molar refractivity (Wildman–Crippen MR) is 83.1 cm³/mol. The predicted octanol–water partition coefficient (Wildman–Crippen LogP) is 2.77. The van der Waals surface area contributed by atoms with Gasteiger partial charge in [0.15, 0.2) is 0 Å². The lowest BCUT2D eigenvalue weighted by Crippen LogP contribution is -2.35. The number of imidazole rings is 1. The third-order valence-corrected chi connectivity index (χ3v) is 3.12. The van der Waals surface area contributed by atoms with Gasteiger partial charge < -0.3 is 14.6 Å². The topological polar surface area (TPSA) is 52.0 Å². The van der Waals surface area contributed by atoms with Crippen LogP contribution in [0.5, 0.6) is 5.75 Å². The van der Waals surface area contributed by atoms with Crippen molar-refractivity contribution in [2.45, 2.75) is 52.9 Å². The molecule has 1 N–H and O–H groups in total. The molecule has 0 unspecified atom stereocenters. The molecule has 0 fully saturated rings. The first-order chi connectivity index (χ1) is 9.98. The van der Waals surface area contributed by atoms with Gasteiger partial charge in [-0.2, -0.15) is 0 Å². The Bertz CT molecular complexity index is 554. The first-order valence-corrected chi connectivity index (χ1v) is 7.29. The van der Waals surface area contributed by atoms with Gasteiger partial charge in [0.2, 0.25) is 0 Å². The van der Waals surface area contributed by atoms with Gasteiger partial charge in [0.25, 0.3) is 0 Å². The molecule has 5 nitrogen and oxygen atoms in total. The van der Waals surface area contributed by atoms with Crippen LogP contribution < -0.4 is 10.1 Å². The highest BCUT2D eigenvalue weighted by atomic mass is 16.5. The molecule has 0 saturated heterocycles. The molecule has 0 spiro atoms. The van der Waals surface area contributed by atoms with Crippen LogP contribution in [0, 0.1) is 0 Å². The minimum absolute atomic E-state index is 0.0927. The fourth-order valence-electron chi connectivity index (χ4n) is 1.87. The number of aryl methyl sites for hydroxylation is 1. The van der Waals surface area contributed by atoms with Gasteiger partial charge in [0, 0.05) is 18.6 Å². The van der Waals surface area contributed by atoms with E-state index in [1.807, 2.05) is 24.7 Å². The SMILES string of the molecule is CCn1cncc1COc1ccc(CNC(C)(C)C)nc1. The number of aromatic nitrogens is 3. The third kappa shape index (κ3) is 4.86. The average Bonchev–Trinajstić information content (AvgIpc) is 2.90. The second-order valence-corrected chi connectivity index (χ2v) is 6.05. The molecule has 0 saturated carbocycles. The fraction of sp³-hybridized carbons (Fsp3) is 0.500. The molecule has 0 aliphatic heterocycles. The zero-order valence-corrected chi connectivity index (χ0v) is 13.3. The zero-order valence-electron chi connectivity index (χ0n) is 13.3. The Kier molecular flexibility index (Phi) is 4.96. The standard InChI is InChI=1S/C16H24N4O/c1-5-20-12-17-9-14(20)11-21-15-7-6-13(18-10-15)8-19-16(2,3)4/h6-7,9-10,12,19H,5,8,11H2,1-4H3. The van der Waals surface area contributed by atoms with E-state index in [0.29, 0.717) is 6.61 Å². The Morgan fingerprint density at radius 3 is 2.67 bits per heavy atom. The molecule has 0 radical (unpaired) electrons. The molecule has 114 valence electrons. The summed E-state index contributed by atoms with van der Waals surface area (Å²) in [6.45, 7) is 10.7. The molecule has 2 aromatic rings. The Labute approximate surface area is 126 Å². The summed E-state index contributed by atoms with van der Waals surface area (Å²) in [4.78, 5) is 8.54. The van der Waals surface area contributed by atoms with Crippen molar-refractivity contribution in [3.63, 3.8) is 0 Å². The molecule has 0 atom stereocenters. The molecule has 0 aliphatic carbocycles. The maximum atomic E-state index is 5.75. The summed E-state index contributed by atoms with van der Waals surface area (Å²) < 4.78 is 7.81. The molecule has 2 rings (SSSR count). The Morgan fingerprint density at radius 1 is 1.24 bits per heavy atom. The first-order valence-electron chi connectivity index (χ1n) is 7.29. The van der Waals surface area contributed by atoms with Gasteiger partial charge in [-0.3, -0.25) is 4.98 Å². The largest absolute Gasteiger partial charge is 0.486 e. The van der Waals surface area contributed by atoms with Gasteiger partial charge in [-0.15, -0.1) is 0 Å². The van der Waals surface area contributed by atoms with Crippen molar-refractivity contribution >= 4 is 0 Å². The van der Waals surface area contributed by atoms with Crippen molar-refractivity contribution in [1.29, 1.82) is 0 Å². The summed E-state index contributed by atoms with van der Waals surface area (Å²) in [5, 5.41) is 3.41. The zero-order chi connectivity index (χ0) is 15.3. The van der Waals surface area contributed by atoms with E-state index in [0.717, 1.165) is 30.2 Å². The lowest BCUT2D eigenvalue weighted by molar-refractivity contribution is 0.294. The van der Waals surface area contributed by atoms with E-state index in [9.17, 15) is 0 Å². The first kappa shape index (κ1) is 15.5. The molecule has 0 aromatic carbocycles. The van der Waals surface area contributed by atoms with Crippen molar-refractivity contribution in [2.75, 3.05) is 0 Å². The summed E-state index contributed by atoms with van der Waals surface area (Å²) in [6.07, 6.45) is 5.42. The number of nitrogens with zero attached hydrogens (tertiary/aromatic N) is 3. The third-order valence-electron chi connectivity index (χ3n) is 3.12. The summed E-state index contributed by atoms with van der Waals surface area (Å²) in [5.74, 6) is 0.776. The average molecular weight is 288 g/mol. The van der Waals surface area contributed by atoms with Crippen LogP contribution >= 0.6 is 0 Å². The van der Waals surface area contributed by atoms with Crippen LogP contribution in [0.1, 0.15) is 39.1 Å². The smallest absolute Gasteiger partial charge is 0.138 e. The van der Waals surface area contributed by atoms with Crippen molar-refractivity contribution in [1.82, 2.24) is 19.9 Å². The highest BCUT2D eigenvalue weighted by Gasteiger charge is 2.09. The molecule has 0 bridgehead atoms. The second kappa shape index (κ2) is 6.72. The molecule has 5 heteroatoms. The van der Waals surface area contributed by atoms with E-state index in [4.69, 9.17) is 4.74 Å². The Hall–Kier alpha value is -1.88. The van der Waals surface area contributed by atoms with Crippen LogP contribution in [0.3, 0.4) is 0 Å². The highest BCUT2D eigenvalue weighted by molar-refractivity contribution is 5.20. The number of hydrogen-bond donors (Lipinski definition) is 1. The van der Waals surface area contributed by atoms with E-state index in [-0.39, 0.29) is 5.54 Å². The number of pyridine rings is 1. The Balaban J connectivity index is 1.88. The summed E-state index contributed by atoms with van der Waals surface area (Å²) >= 11 is 0. The number of ether oxygens (including phenoxy) is 1. The minimum Gasteiger partial charge on any atom is -0.486 e. The van der Waals surface area contributed by atoms with E-state index < -0.39 is 0 Å². The molecule has 0 amide bonds. The molecule has 2 heterocycles. The molecular formula is C16H24N4O. The Morgan fingerprint density at radius 2 is 2.05 bits per heavy atom. The number of hydrogen-bond acceptors (Lipinski definition) is 4. The maximum Gasteiger partial charge on any atom is 0.138 e. The van der Waals surface area contributed by atoms with Gasteiger partial charge >= 0.3 is 0 Å². The monoisotopic (exact) mass is 288 g/mol. The van der Waals surface area contributed by atoms with Crippen molar-refractivity contribution in [3.05, 3.63) is 42.2 Å². The van der Waals surface area contributed by atoms with Crippen LogP contribution in [0.25, 0.3) is 0 Å². The van der Waals surface area contributed by atoms with Crippen LogP contribution in [0.15, 0.2) is 30.9 Å². The van der Waals surface area contributed by atoms with E-state index in [1.165, 1.54) is 0 Å².